The third kappa shape index (κ3) is 7.28. The predicted molar refractivity (Wildman–Crippen MR) is 118 cm³/mol. The van der Waals surface area contributed by atoms with Gasteiger partial charge < -0.3 is 14.8 Å². The van der Waals surface area contributed by atoms with Crippen molar-refractivity contribution in [2.45, 2.75) is 26.6 Å². The average Bonchev–Trinajstić information content (AvgIpc) is 3.20. The number of hydrogen-bond donors (Lipinski definition) is 1. The number of thiazole rings is 1. The highest BCUT2D eigenvalue weighted by atomic mass is 32.1. The van der Waals surface area contributed by atoms with Crippen molar-refractivity contribution in [2.75, 3.05) is 5.32 Å². The third-order valence-corrected chi connectivity index (χ3v) is 5.11. The van der Waals surface area contributed by atoms with E-state index in [1.165, 1.54) is 47.8 Å². The van der Waals surface area contributed by atoms with Crippen LogP contribution in [0.1, 0.15) is 21.8 Å². The Kier molecular flexibility index (Phi) is 8.04. The number of carbonyl (C=O) groups excluding carboxylic acids is 2. The molecule has 9 heteroatoms. The minimum atomic E-state index is -2.89. The summed E-state index contributed by atoms with van der Waals surface area (Å²) in [6.45, 7) is -1.00. The molecular formula is C23H20F2N2O4S. The second kappa shape index (κ2) is 11.1. The molecule has 1 aromatic heterocycles. The number of nitrogens with one attached hydrogen (secondary N) is 1. The summed E-state index contributed by atoms with van der Waals surface area (Å²) >= 11 is 1.31. The summed E-state index contributed by atoms with van der Waals surface area (Å²) in [4.78, 5) is 28.4. The maximum atomic E-state index is 12.2. The van der Waals surface area contributed by atoms with E-state index >= 15 is 0 Å². The van der Waals surface area contributed by atoms with Gasteiger partial charge >= 0.3 is 12.6 Å². The molecule has 1 N–H and O–H groups in total. The molecule has 2 aromatic carbocycles. The van der Waals surface area contributed by atoms with Gasteiger partial charge in [-0.15, -0.1) is 11.3 Å². The van der Waals surface area contributed by atoms with Crippen molar-refractivity contribution in [2.24, 2.45) is 0 Å². The third-order valence-electron chi connectivity index (χ3n) is 4.21. The van der Waals surface area contributed by atoms with Crippen LogP contribution in [-0.2, 0) is 27.4 Å². The van der Waals surface area contributed by atoms with Crippen molar-refractivity contribution >= 4 is 35.0 Å². The second-order valence-electron chi connectivity index (χ2n) is 6.66. The van der Waals surface area contributed by atoms with Gasteiger partial charge in [0.15, 0.2) is 0 Å². The number of amides is 1. The van der Waals surface area contributed by atoms with Gasteiger partial charge in [0.25, 0.3) is 0 Å². The zero-order chi connectivity index (χ0) is 22.9. The number of benzene rings is 2. The smallest absolute Gasteiger partial charge is 0.387 e. The fraction of sp³-hybridized carbons (Fsp3) is 0.174. The molecule has 166 valence electrons. The molecule has 0 bridgehead atoms. The molecule has 0 aliphatic heterocycles. The number of aromatic nitrogens is 1. The summed E-state index contributed by atoms with van der Waals surface area (Å²) < 4.78 is 33.7. The van der Waals surface area contributed by atoms with Crippen LogP contribution >= 0.6 is 11.3 Å². The van der Waals surface area contributed by atoms with Crippen molar-refractivity contribution in [3.63, 3.8) is 0 Å². The van der Waals surface area contributed by atoms with E-state index in [0.717, 1.165) is 11.3 Å². The minimum absolute atomic E-state index is 0.0275. The zero-order valence-electron chi connectivity index (χ0n) is 17.1. The predicted octanol–water partition coefficient (Wildman–Crippen LogP) is 4.99. The zero-order valence-corrected chi connectivity index (χ0v) is 17.9. The number of alkyl halides is 2. The summed E-state index contributed by atoms with van der Waals surface area (Å²) in [7, 11) is 0. The molecule has 0 aliphatic rings. The van der Waals surface area contributed by atoms with E-state index < -0.39 is 12.6 Å². The summed E-state index contributed by atoms with van der Waals surface area (Å²) in [6, 6.07) is 13.3. The lowest BCUT2D eigenvalue weighted by Crippen LogP contribution is -2.15. The number of para-hydroxylation sites is 1. The summed E-state index contributed by atoms with van der Waals surface area (Å²) in [5, 5.41) is 5.20. The van der Waals surface area contributed by atoms with E-state index in [0.29, 0.717) is 16.3 Å². The SMILES string of the molecule is Cc1ccccc1NC(=O)Cc1nc(COC(=O)/C=C/c2ccc(OC(F)F)cc2)cs1. The normalized spacial score (nSPS) is 11.0. The second-order valence-corrected chi connectivity index (χ2v) is 7.60. The molecule has 0 spiro atoms. The lowest BCUT2D eigenvalue weighted by atomic mass is 10.2. The van der Waals surface area contributed by atoms with E-state index in [2.05, 4.69) is 15.0 Å². The van der Waals surface area contributed by atoms with Gasteiger partial charge in [-0.2, -0.15) is 8.78 Å². The lowest BCUT2D eigenvalue weighted by molar-refractivity contribution is -0.139. The summed E-state index contributed by atoms with van der Waals surface area (Å²) in [6.07, 6.45) is 2.85. The average molecular weight is 458 g/mol. The van der Waals surface area contributed by atoms with Gasteiger partial charge in [0.2, 0.25) is 5.91 Å². The Morgan fingerprint density at radius 1 is 1.16 bits per heavy atom. The van der Waals surface area contributed by atoms with E-state index in [-0.39, 0.29) is 24.7 Å². The monoisotopic (exact) mass is 458 g/mol. The van der Waals surface area contributed by atoms with E-state index in [1.54, 1.807) is 5.38 Å². The molecule has 3 rings (SSSR count). The molecule has 32 heavy (non-hydrogen) atoms. The van der Waals surface area contributed by atoms with E-state index in [9.17, 15) is 18.4 Å². The number of halogens is 2. The molecular weight excluding hydrogens is 438 g/mol. The highest BCUT2D eigenvalue weighted by Gasteiger charge is 2.10. The molecule has 1 heterocycles. The summed E-state index contributed by atoms with van der Waals surface area (Å²) in [5.74, 6) is -0.721. The number of anilines is 1. The van der Waals surface area contributed by atoms with Crippen LogP contribution in [0.3, 0.4) is 0 Å². The Labute approximate surface area is 187 Å². The maximum Gasteiger partial charge on any atom is 0.387 e. The van der Waals surface area contributed by atoms with Crippen LogP contribution in [0.4, 0.5) is 14.5 Å². The van der Waals surface area contributed by atoms with Gasteiger partial charge in [0, 0.05) is 17.1 Å². The Morgan fingerprint density at radius 3 is 2.62 bits per heavy atom. The number of rotatable bonds is 9. The number of carbonyl (C=O) groups is 2. The molecule has 1 amide bonds. The molecule has 3 aromatic rings. The Bertz CT molecular complexity index is 1100. The highest BCUT2D eigenvalue weighted by molar-refractivity contribution is 7.09. The Morgan fingerprint density at radius 2 is 1.91 bits per heavy atom. The van der Waals surface area contributed by atoms with Crippen molar-refractivity contribution in [3.05, 3.63) is 81.8 Å². The first kappa shape index (κ1) is 23.1. The lowest BCUT2D eigenvalue weighted by Gasteiger charge is -2.06. The number of esters is 1. The van der Waals surface area contributed by atoms with Gasteiger partial charge in [0.1, 0.15) is 17.4 Å². The van der Waals surface area contributed by atoms with Gasteiger partial charge in [-0.05, 0) is 42.3 Å². The number of hydrogen-bond acceptors (Lipinski definition) is 6. The van der Waals surface area contributed by atoms with Crippen LogP contribution in [0.2, 0.25) is 0 Å². The number of nitrogens with zero attached hydrogens (tertiary/aromatic N) is 1. The van der Waals surface area contributed by atoms with Crippen LogP contribution in [0, 0.1) is 6.92 Å². The van der Waals surface area contributed by atoms with Gasteiger partial charge in [-0.1, -0.05) is 30.3 Å². The molecule has 0 saturated heterocycles. The topological polar surface area (TPSA) is 77.5 Å². The van der Waals surface area contributed by atoms with Gasteiger partial charge in [-0.3, -0.25) is 4.79 Å². The molecule has 0 unspecified atom stereocenters. The van der Waals surface area contributed by atoms with Crippen LogP contribution in [0.25, 0.3) is 6.08 Å². The number of ether oxygens (including phenoxy) is 2. The van der Waals surface area contributed by atoms with Gasteiger partial charge in [-0.25, -0.2) is 9.78 Å². The maximum absolute atomic E-state index is 12.2. The van der Waals surface area contributed by atoms with Crippen molar-refractivity contribution in [1.29, 1.82) is 0 Å². The molecule has 0 atom stereocenters. The molecule has 0 saturated carbocycles. The fourth-order valence-corrected chi connectivity index (χ4v) is 3.44. The van der Waals surface area contributed by atoms with E-state index in [1.807, 2.05) is 31.2 Å². The molecule has 0 fully saturated rings. The first-order valence-electron chi connectivity index (χ1n) is 9.57. The standard InChI is InChI=1S/C23H20F2N2O4S/c1-15-4-2-3-5-19(15)27-20(28)12-21-26-17(14-32-21)13-30-22(29)11-8-16-6-9-18(10-7-16)31-23(24)25/h2-11,14,23H,12-13H2,1H3,(H,27,28)/b11-8+. The van der Waals surface area contributed by atoms with Crippen molar-refractivity contribution < 1.29 is 27.8 Å². The van der Waals surface area contributed by atoms with Crippen LogP contribution < -0.4 is 10.1 Å². The van der Waals surface area contributed by atoms with E-state index in [4.69, 9.17) is 4.74 Å². The largest absolute Gasteiger partial charge is 0.456 e. The highest BCUT2D eigenvalue weighted by Crippen LogP contribution is 2.17. The summed E-state index contributed by atoms with van der Waals surface area (Å²) in [5.41, 5.74) is 2.90. The number of aryl methyl sites for hydroxylation is 1. The molecule has 0 aliphatic carbocycles. The first-order chi connectivity index (χ1) is 15.4. The van der Waals surface area contributed by atoms with Crippen molar-refractivity contribution in [3.8, 4) is 5.75 Å². The first-order valence-corrected chi connectivity index (χ1v) is 10.5. The Hall–Kier alpha value is -3.59. The quantitative estimate of drug-likeness (QED) is 0.361. The van der Waals surface area contributed by atoms with Crippen LogP contribution in [-0.4, -0.2) is 23.5 Å². The molecule has 0 radical (unpaired) electrons. The van der Waals surface area contributed by atoms with Crippen LogP contribution in [0.5, 0.6) is 5.75 Å². The Balaban J connectivity index is 1.45. The minimum Gasteiger partial charge on any atom is -0.456 e. The van der Waals surface area contributed by atoms with Gasteiger partial charge in [0.05, 0.1) is 12.1 Å². The van der Waals surface area contributed by atoms with Crippen LogP contribution in [0.15, 0.2) is 60.0 Å². The fourth-order valence-electron chi connectivity index (χ4n) is 2.66. The van der Waals surface area contributed by atoms with Crippen molar-refractivity contribution in [1.82, 2.24) is 4.98 Å². The molecule has 6 nitrogen and oxygen atoms in total.